The Morgan fingerprint density at radius 3 is 2.46 bits per heavy atom. The van der Waals surface area contributed by atoms with Gasteiger partial charge in [0, 0.05) is 17.9 Å². The number of rotatable bonds is 4. The normalized spacial score (nSPS) is 12.5. The molecule has 2 heteroatoms. The molecule has 0 spiro atoms. The van der Waals surface area contributed by atoms with E-state index in [9.17, 15) is 0 Å². The van der Waals surface area contributed by atoms with E-state index in [0.717, 1.165) is 23.8 Å². The van der Waals surface area contributed by atoms with Crippen LogP contribution in [0.25, 0.3) is 0 Å². The molecule has 0 aromatic heterocycles. The summed E-state index contributed by atoms with van der Waals surface area (Å²) in [6.45, 7) is 5.47. The molecule has 2 nitrogen and oxygen atoms in total. The molecule has 3 N–H and O–H groups in total. The average molecular weight is 178 g/mol. The predicted molar refractivity (Wildman–Crippen MR) is 58.8 cm³/mol. The molecule has 0 fully saturated rings. The van der Waals surface area contributed by atoms with Gasteiger partial charge in [-0.3, -0.25) is 0 Å². The van der Waals surface area contributed by atoms with Crippen LogP contribution >= 0.6 is 0 Å². The molecular formula is C11H18N2. The van der Waals surface area contributed by atoms with Crippen molar-refractivity contribution in [2.45, 2.75) is 20.3 Å². The fourth-order valence-corrected chi connectivity index (χ4v) is 1.04. The molecule has 1 aromatic carbocycles. The Morgan fingerprint density at radius 2 is 1.92 bits per heavy atom. The van der Waals surface area contributed by atoms with E-state index >= 15 is 0 Å². The third-order valence-electron chi connectivity index (χ3n) is 2.26. The molecule has 0 saturated carbocycles. The Kier molecular flexibility index (Phi) is 3.62. The van der Waals surface area contributed by atoms with Crippen molar-refractivity contribution in [2.75, 3.05) is 17.6 Å². The van der Waals surface area contributed by atoms with Gasteiger partial charge in [0.1, 0.15) is 0 Å². The van der Waals surface area contributed by atoms with Gasteiger partial charge in [0.2, 0.25) is 0 Å². The molecule has 0 radical (unpaired) electrons. The van der Waals surface area contributed by atoms with Gasteiger partial charge in [-0.25, -0.2) is 0 Å². The standard InChI is InChI=1S/C11H18N2/c1-3-9(2)8-13-11-6-4-10(12)5-7-11/h4-7,9,13H,3,8,12H2,1-2H3. The zero-order chi connectivity index (χ0) is 9.68. The van der Waals surface area contributed by atoms with Crippen LogP contribution < -0.4 is 11.1 Å². The van der Waals surface area contributed by atoms with Crippen LogP contribution in [0.2, 0.25) is 0 Å². The maximum Gasteiger partial charge on any atom is 0.0341 e. The van der Waals surface area contributed by atoms with Gasteiger partial charge in [-0.1, -0.05) is 20.3 Å². The van der Waals surface area contributed by atoms with E-state index in [0.29, 0.717) is 0 Å². The molecule has 0 bridgehead atoms. The maximum atomic E-state index is 5.58. The Balaban J connectivity index is 2.41. The number of hydrogen-bond acceptors (Lipinski definition) is 2. The number of nitrogens with two attached hydrogens (primary N) is 1. The molecule has 0 aliphatic rings. The smallest absolute Gasteiger partial charge is 0.0341 e. The van der Waals surface area contributed by atoms with Gasteiger partial charge in [-0.05, 0) is 30.2 Å². The molecule has 1 unspecified atom stereocenters. The fourth-order valence-electron chi connectivity index (χ4n) is 1.04. The second-order valence-electron chi connectivity index (χ2n) is 3.52. The Hall–Kier alpha value is -1.18. The van der Waals surface area contributed by atoms with Crippen molar-refractivity contribution in [1.82, 2.24) is 0 Å². The van der Waals surface area contributed by atoms with Crippen molar-refractivity contribution >= 4 is 11.4 Å². The average Bonchev–Trinajstić information content (AvgIpc) is 2.16. The molecule has 13 heavy (non-hydrogen) atoms. The summed E-state index contributed by atoms with van der Waals surface area (Å²) < 4.78 is 0. The third kappa shape index (κ3) is 3.36. The van der Waals surface area contributed by atoms with Gasteiger partial charge in [0.05, 0.1) is 0 Å². The predicted octanol–water partition coefficient (Wildman–Crippen LogP) is 2.73. The van der Waals surface area contributed by atoms with E-state index in [1.54, 1.807) is 0 Å². The number of hydrogen-bond donors (Lipinski definition) is 2. The van der Waals surface area contributed by atoms with Crippen molar-refractivity contribution in [3.05, 3.63) is 24.3 Å². The first-order valence-corrected chi connectivity index (χ1v) is 4.81. The molecule has 72 valence electrons. The van der Waals surface area contributed by atoms with Gasteiger partial charge < -0.3 is 11.1 Å². The zero-order valence-electron chi connectivity index (χ0n) is 8.38. The van der Waals surface area contributed by atoms with E-state index in [2.05, 4.69) is 19.2 Å². The fraction of sp³-hybridized carbons (Fsp3) is 0.455. The van der Waals surface area contributed by atoms with Crippen LogP contribution in [-0.4, -0.2) is 6.54 Å². The summed E-state index contributed by atoms with van der Waals surface area (Å²) in [4.78, 5) is 0. The number of benzene rings is 1. The van der Waals surface area contributed by atoms with Crippen LogP contribution in [0.1, 0.15) is 20.3 Å². The molecule has 1 atom stereocenters. The van der Waals surface area contributed by atoms with E-state index in [1.165, 1.54) is 6.42 Å². The molecule has 0 saturated heterocycles. The van der Waals surface area contributed by atoms with Crippen LogP contribution in [0, 0.1) is 5.92 Å². The molecular weight excluding hydrogens is 160 g/mol. The van der Waals surface area contributed by atoms with Crippen LogP contribution in [-0.2, 0) is 0 Å². The first-order chi connectivity index (χ1) is 6.22. The lowest BCUT2D eigenvalue weighted by Gasteiger charge is -2.11. The number of anilines is 2. The minimum Gasteiger partial charge on any atom is -0.399 e. The topological polar surface area (TPSA) is 38.0 Å². The van der Waals surface area contributed by atoms with E-state index in [-0.39, 0.29) is 0 Å². The summed E-state index contributed by atoms with van der Waals surface area (Å²) in [7, 11) is 0. The maximum absolute atomic E-state index is 5.58. The molecule has 0 aliphatic heterocycles. The van der Waals surface area contributed by atoms with Crippen molar-refractivity contribution in [1.29, 1.82) is 0 Å². The number of nitrogen functional groups attached to an aromatic ring is 1. The Morgan fingerprint density at radius 1 is 1.31 bits per heavy atom. The summed E-state index contributed by atoms with van der Waals surface area (Å²) >= 11 is 0. The SMILES string of the molecule is CCC(C)CNc1ccc(N)cc1. The minimum atomic E-state index is 0.720. The van der Waals surface area contributed by atoms with Crippen LogP contribution in [0.3, 0.4) is 0 Å². The molecule has 0 amide bonds. The molecule has 0 heterocycles. The monoisotopic (exact) mass is 178 g/mol. The highest BCUT2D eigenvalue weighted by molar-refractivity contribution is 5.51. The van der Waals surface area contributed by atoms with Crippen molar-refractivity contribution in [2.24, 2.45) is 5.92 Å². The largest absolute Gasteiger partial charge is 0.399 e. The van der Waals surface area contributed by atoms with E-state index in [4.69, 9.17) is 5.73 Å². The van der Waals surface area contributed by atoms with Crippen molar-refractivity contribution in [3.63, 3.8) is 0 Å². The number of nitrogens with one attached hydrogen (secondary N) is 1. The summed E-state index contributed by atoms with van der Waals surface area (Å²) in [6.07, 6.45) is 1.21. The Labute approximate surface area is 80.1 Å². The summed E-state index contributed by atoms with van der Waals surface area (Å²) in [5.41, 5.74) is 7.54. The van der Waals surface area contributed by atoms with Gasteiger partial charge in [0.25, 0.3) is 0 Å². The van der Waals surface area contributed by atoms with E-state index < -0.39 is 0 Å². The van der Waals surface area contributed by atoms with Crippen LogP contribution in [0.4, 0.5) is 11.4 Å². The first kappa shape index (κ1) is 9.90. The highest BCUT2D eigenvalue weighted by Gasteiger charge is 1.97. The third-order valence-corrected chi connectivity index (χ3v) is 2.26. The molecule has 1 aromatic rings. The molecule has 0 aliphatic carbocycles. The first-order valence-electron chi connectivity index (χ1n) is 4.81. The minimum absolute atomic E-state index is 0.720. The highest BCUT2D eigenvalue weighted by Crippen LogP contribution is 2.11. The summed E-state index contributed by atoms with van der Waals surface area (Å²) in [6, 6.07) is 7.85. The second-order valence-corrected chi connectivity index (χ2v) is 3.52. The highest BCUT2D eigenvalue weighted by atomic mass is 14.9. The zero-order valence-corrected chi connectivity index (χ0v) is 8.38. The van der Waals surface area contributed by atoms with Crippen LogP contribution in [0.5, 0.6) is 0 Å². The summed E-state index contributed by atoms with van der Waals surface area (Å²) in [5.74, 6) is 0.720. The summed E-state index contributed by atoms with van der Waals surface area (Å²) in [5, 5.41) is 3.37. The van der Waals surface area contributed by atoms with E-state index in [1.807, 2.05) is 24.3 Å². The quantitative estimate of drug-likeness (QED) is 0.696. The second kappa shape index (κ2) is 4.75. The lowest BCUT2D eigenvalue weighted by Crippen LogP contribution is -2.09. The van der Waals surface area contributed by atoms with Gasteiger partial charge >= 0.3 is 0 Å². The van der Waals surface area contributed by atoms with Gasteiger partial charge in [-0.2, -0.15) is 0 Å². The van der Waals surface area contributed by atoms with Crippen molar-refractivity contribution < 1.29 is 0 Å². The van der Waals surface area contributed by atoms with Crippen molar-refractivity contribution in [3.8, 4) is 0 Å². The Bertz CT molecular complexity index is 241. The van der Waals surface area contributed by atoms with Crippen LogP contribution in [0.15, 0.2) is 24.3 Å². The van der Waals surface area contributed by atoms with Gasteiger partial charge in [0.15, 0.2) is 0 Å². The van der Waals surface area contributed by atoms with Gasteiger partial charge in [-0.15, -0.1) is 0 Å². The molecule has 1 rings (SSSR count). The lowest BCUT2D eigenvalue weighted by atomic mass is 10.1. The lowest BCUT2D eigenvalue weighted by molar-refractivity contribution is 0.593.